The molecule has 0 aliphatic carbocycles. The van der Waals surface area contributed by atoms with Crippen molar-refractivity contribution in [2.75, 3.05) is 0 Å². The predicted octanol–water partition coefficient (Wildman–Crippen LogP) is 2.42. The van der Waals surface area contributed by atoms with Gasteiger partial charge in [-0.05, 0) is 42.5 Å². The Morgan fingerprint density at radius 3 is 2.29 bits per heavy atom. The standard InChI is InChI=1S/C18H21NO4S/c1-13-8-9-16(10-14(13)2)12-24(22,23)19-17(18(20)21)11-15-6-4-3-5-7-15/h3-10,17,19H,11-12H2,1-2H3,(H,20,21)/t17-/m1/s1. The summed E-state index contributed by atoms with van der Waals surface area (Å²) in [5, 5.41) is 9.32. The first-order chi connectivity index (χ1) is 11.3. The molecule has 0 radical (unpaired) electrons. The van der Waals surface area contributed by atoms with Crippen LogP contribution in [-0.4, -0.2) is 25.5 Å². The van der Waals surface area contributed by atoms with Crippen LogP contribution in [0.2, 0.25) is 0 Å². The Labute approximate surface area is 142 Å². The lowest BCUT2D eigenvalue weighted by Gasteiger charge is -2.15. The third kappa shape index (κ3) is 5.18. The molecule has 0 spiro atoms. The molecule has 0 aliphatic rings. The molecule has 0 aliphatic heterocycles. The van der Waals surface area contributed by atoms with Crippen molar-refractivity contribution in [1.82, 2.24) is 4.72 Å². The molecule has 0 bridgehead atoms. The van der Waals surface area contributed by atoms with E-state index in [0.717, 1.165) is 16.7 Å². The summed E-state index contributed by atoms with van der Waals surface area (Å²) in [6, 6.07) is 13.2. The summed E-state index contributed by atoms with van der Waals surface area (Å²) in [4.78, 5) is 11.4. The molecule has 24 heavy (non-hydrogen) atoms. The minimum Gasteiger partial charge on any atom is -0.480 e. The van der Waals surface area contributed by atoms with E-state index in [4.69, 9.17) is 0 Å². The van der Waals surface area contributed by atoms with Crippen molar-refractivity contribution in [2.45, 2.75) is 32.1 Å². The van der Waals surface area contributed by atoms with Gasteiger partial charge in [0.05, 0.1) is 5.75 Å². The van der Waals surface area contributed by atoms with E-state index >= 15 is 0 Å². The average molecular weight is 347 g/mol. The van der Waals surface area contributed by atoms with Gasteiger partial charge in [-0.3, -0.25) is 4.79 Å². The van der Waals surface area contributed by atoms with Crippen LogP contribution < -0.4 is 4.72 Å². The second-order valence-electron chi connectivity index (χ2n) is 5.88. The summed E-state index contributed by atoms with van der Waals surface area (Å²) in [6.45, 7) is 3.86. The van der Waals surface area contributed by atoms with E-state index in [2.05, 4.69) is 4.72 Å². The molecule has 2 aromatic rings. The number of rotatable bonds is 7. The molecule has 2 rings (SSSR count). The van der Waals surface area contributed by atoms with Crippen LogP contribution in [0.15, 0.2) is 48.5 Å². The maximum absolute atomic E-state index is 12.3. The zero-order valence-corrected chi connectivity index (χ0v) is 14.5. The number of sulfonamides is 1. The van der Waals surface area contributed by atoms with E-state index < -0.39 is 22.0 Å². The highest BCUT2D eigenvalue weighted by molar-refractivity contribution is 7.88. The van der Waals surface area contributed by atoms with E-state index in [1.807, 2.05) is 32.0 Å². The lowest BCUT2D eigenvalue weighted by Crippen LogP contribution is -2.42. The van der Waals surface area contributed by atoms with Crippen LogP contribution in [0.4, 0.5) is 0 Å². The molecule has 2 N–H and O–H groups in total. The number of aliphatic carboxylic acids is 1. The fourth-order valence-electron chi connectivity index (χ4n) is 2.40. The fraction of sp³-hybridized carbons (Fsp3) is 0.278. The van der Waals surface area contributed by atoms with Crippen LogP contribution >= 0.6 is 0 Å². The normalized spacial score (nSPS) is 12.8. The molecule has 0 saturated carbocycles. The number of benzene rings is 2. The number of aryl methyl sites for hydroxylation is 2. The molecule has 2 aromatic carbocycles. The average Bonchev–Trinajstić information content (AvgIpc) is 2.51. The van der Waals surface area contributed by atoms with E-state index in [9.17, 15) is 18.3 Å². The maximum atomic E-state index is 12.3. The van der Waals surface area contributed by atoms with Crippen molar-refractivity contribution in [3.8, 4) is 0 Å². The van der Waals surface area contributed by atoms with Crippen LogP contribution in [0.3, 0.4) is 0 Å². The number of hydrogen-bond acceptors (Lipinski definition) is 3. The molecule has 0 aromatic heterocycles. The van der Waals surface area contributed by atoms with Gasteiger partial charge in [-0.1, -0.05) is 48.5 Å². The van der Waals surface area contributed by atoms with Gasteiger partial charge in [0.2, 0.25) is 10.0 Å². The zero-order valence-electron chi connectivity index (χ0n) is 13.7. The monoisotopic (exact) mass is 347 g/mol. The molecule has 0 fully saturated rings. The van der Waals surface area contributed by atoms with Gasteiger partial charge in [0.25, 0.3) is 0 Å². The highest BCUT2D eigenvalue weighted by Crippen LogP contribution is 2.13. The van der Waals surface area contributed by atoms with E-state index in [-0.39, 0.29) is 12.2 Å². The third-order valence-corrected chi connectivity index (χ3v) is 5.19. The van der Waals surface area contributed by atoms with Crippen molar-refractivity contribution in [2.24, 2.45) is 0 Å². The minimum absolute atomic E-state index is 0.0995. The van der Waals surface area contributed by atoms with E-state index in [0.29, 0.717) is 5.56 Å². The summed E-state index contributed by atoms with van der Waals surface area (Å²) in [5.41, 5.74) is 3.48. The minimum atomic E-state index is -3.76. The smallest absolute Gasteiger partial charge is 0.322 e. The molecule has 5 nitrogen and oxygen atoms in total. The van der Waals surface area contributed by atoms with Crippen LogP contribution in [0, 0.1) is 13.8 Å². The molecule has 0 unspecified atom stereocenters. The van der Waals surface area contributed by atoms with Gasteiger partial charge in [0.1, 0.15) is 6.04 Å². The lowest BCUT2D eigenvalue weighted by molar-refractivity contribution is -0.138. The first-order valence-corrected chi connectivity index (χ1v) is 9.25. The summed E-state index contributed by atoms with van der Waals surface area (Å²) in [7, 11) is -3.76. The maximum Gasteiger partial charge on any atom is 0.322 e. The Kier molecular flexibility index (Phi) is 5.75. The van der Waals surface area contributed by atoms with Crippen molar-refractivity contribution in [1.29, 1.82) is 0 Å². The summed E-state index contributed by atoms with van der Waals surface area (Å²) in [6.07, 6.45) is 0.0995. The van der Waals surface area contributed by atoms with Crippen LogP contribution in [-0.2, 0) is 27.0 Å². The number of carboxylic acid groups (broad SMARTS) is 1. The third-order valence-electron chi connectivity index (χ3n) is 3.83. The van der Waals surface area contributed by atoms with Crippen molar-refractivity contribution >= 4 is 16.0 Å². The molecule has 0 saturated heterocycles. The van der Waals surface area contributed by atoms with Crippen LogP contribution in [0.25, 0.3) is 0 Å². The van der Waals surface area contributed by atoms with Gasteiger partial charge < -0.3 is 5.11 Å². The highest BCUT2D eigenvalue weighted by atomic mass is 32.2. The second kappa shape index (κ2) is 7.59. The first kappa shape index (κ1) is 18.2. The van der Waals surface area contributed by atoms with Crippen molar-refractivity contribution in [3.63, 3.8) is 0 Å². The zero-order chi connectivity index (χ0) is 17.7. The van der Waals surface area contributed by atoms with Gasteiger partial charge >= 0.3 is 5.97 Å². The number of carboxylic acids is 1. The second-order valence-corrected chi connectivity index (χ2v) is 7.63. The largest absolute Gasteiger partial charge is 0.480 e. The van der Waals surface area contributed by atoms with Gasteiger partial charge in [0, 0.05) is 0 Å². The topological polar surface area (TPSA) is 83.5 Å². The molecule has 1 atom stereocenters. The quantitative estimate of drug-likeness (QED) is 0.806. The first-order valence-electron chi connectivity index (χ1n) is 7.60. The van der Waals surface area contributed by atoms with E-state index in [1.54, 1.807) is 30.3 Å². The van der Waals surface area contributed by atoms with Gasteiger partial charge in [0.15, 0.2) is 0 Å². The molecular formula is C18H21NO4S. The Balaban J connectivity index is 2.12. The van der Waals surface area contributed by atoms with Gasteiger partial charge in [-0.2, -0.15) is 0 Å². The number of carbonyl (C=O) groups is 1. The molecule has 0 amide bonds. The Morgan fingerprint density at radius 2 is 1.71 bits per heavy atom. The predicted molar refractivity (Wildman–Crippen MR) is 93.2 cm³/mol. The SMILES string of the molecule is Cc1ccc(CS(=O)(=O)N[C@H](Cc2ccccc2)C(=O)O)cc1C. The van der Waals surface area contributed by atoms with E-state index in [1.165, 1.54) is 0 Å². The Bertz CT molecular complexity index is 816. The molecular weight excluding hydrogens is 326 g/mol. The summed E-state index contributed by atoms with van der Waals surface area (Å²) in [5.74, 6) is -1.44. The number of nitrogens with one attached hydrogen (secondary N) is 1. The lowest BCUT2D eigenvalue weighted by atomic mass is 10.1. The summed E-state index contributed by atoms with van der Waals surface area (Å²) >= 11 is 0. The number of hydrogen-bond donors (Lipinski definition) is 2. The van der Waals surface area contributed by atoms with Gasteiger partial charge in [-0.25, -0.2) is 13.1 Å². The molecule has 0 heterocycles. The van der Waals surface area contributed by atoms with Crippen molar-refractivity contribution < 1.29 is 18.3 Å². The van der Waals surface area contributed by atoms with Crippen molar-refractivity contribution in [3.05, 3.63) is 70.8 Å². The Hall–Kier alpha value is -2.18. The highest BCUT2D eigenvalue weighted by Gasteiger charge is 2.24. The van der Waals surface area contributed by atoms with Crippen LogP contribution in [0.5, 0.6) is 0 Å². The Morgan fingerprint density at radius 1 is 1.04 bits per heavy atom. The van der Waals surface area contributed by atoms with Crippen LogP contribution in [0.1, 0.15) is 22.3 Å². The molecule has 128 valence electrons. The van der Waals surface area contributed by atoms with Gasteiger partial charge in [-0.15, -0.1) is 0 Å². The summed E-state index contributed by atoms with van der Waals surface area (Å²) < 4.78 is 27.0. The fourth-order valence-corrected chi connectivity index (χ4v) is 3.72. The molecule has 6 heteroatoms.